The van der Waals surface area contributed by atoms with Crippen LogP contribution in [0.2, 0.25) is 0 Å². The van der Waals surface area contributed by atoms with Gasteiger partial charge >= 0.3 is 0 Å². The Morgan fingerprint density at radius 3 is 2.48 bits per heavy atom. The van der Waals surface area contributed by atoms with Crippen LogP contribution in [0.25, 0.3) is 11.3 Å². The summed E-state index contributed by atoms with van der Waals surface area (Å²) in [5, 5.41) is 9.84. The zero-order chi connectivity index (χ0) is 16.1. The minimum atomic E-state index is 0.958. The van der Waals surface area contributed by atoms with Gasteiger partial charge < -0.3 is 4.90 Å². The van der Waals surface area contributed by atoms with Gasteiger partial charge in [0.15, 0.2) is 0 Å². The predicted octanol–water partition coefficient (Wildman–Crippen LogP) is 2.92. The van der Waals surface area contributed by atoms with Gasteiger partial charge in [-0.3, -0.25) is 0 Å². The van der Waals surface area contributed by atoms with E-state index in [-0.39, 0.29) is 0 Å². The van der Waals surface area contributed by atoms with Crippen molar-refractivity contribution in [1.29, 1.82) is 0 Å². The standard InChI is InChI=1S/C19H25N3S/c1-15-6-7-17(14-16(15)2)18-8-9-19(21-20-18)23-13-12-22-10-4-3-5-11-22/h6-9,14H,3-5,10-13H2,1-2H3/p+1. The van der Waals surface area contributed by atoms with Crippen LogP contribution in [0.5, 0.6) is 0 Å². The SMILES string of the molecule is Cc1ccc(-c2ccc(SCC[NH+]3CCCCC3)nn2)cc1C. The number of hydrogen-bond acceptors (Lipinski definition) is 3. The summed E-state index contributed by atoms with van der Waals surface area (Å²) >= 11 is 1.83. The van der Waals surface area contributed by atoms with E-state index in [0.29, 0.717) is 0 Å². The van der Waals surface area contributed by atoms with Crippen LogP contribution >= 0.6 is 11.8 Å². The molecule has 2 heterocycles. The topological polar surface area (TPSA) is 30.2 Å². The van der Waals surface area contributed by atoms with Crippen LogP contribution in [0.15, 0.2) is 35.4 Å². The van der Waals surface area contributed by atoms with Gasteiger partial charge in [-0.05, 0) is 62.4 Å². The summed E-state index contributed by atoms with van der Waals surface area (Å²) in [4.78, 5) is 1.75. The summed E-state index contributed by atoms with van der Waals surface area (Å²) < 4.78 is 0. The van der Waals surface area contributed by atoms with Crippen molar-refractivity contribution in [3.05, 3.63) is 41.5 Å². The van der Waals surface area contributed by atoms with Crippen LogP contribution in [-0.4, -0.2) is 35.6 Å². The molecule has 1 aliphatic rings. The Hall–Kier alpha value is -1.39. The average molecular weight is 329 g/mol. The Balaban J connectivity index is 1.55. The highest BCUT2D eigenvalue weighted by Gasteiger charge is 2.13. The molecule has 1 aliphatic heterocycles. The lowest BCUT2D eigenvalue weighted by atomic mass is 10.0. The van der Waals surface area contributed by atoms with E-state index in [1.165, 1.54) is 50.0 Å². The number of quaternary nitrogens is 1. The van der Waals surface area contributed by atoms with Gasteiger partial charge in [0.2, 0.25) is 0 Å². The minimum absolute atomic E-state index is 0.958. The van der Waals surface area contributed by atoms with E-state index in [4.69, 9.17) is 0 Å². The van der Waals surface area contributed by atoms with Crippen molar-refractivity contribution in [3.63, 3.8) is 0 Å². The quantitative estimate of drug-likeness (QED) is 0.856. The van der Waals surface area contributed by atoms with Crippen molar-refractivity contribution >= 4 is 11.8 Å². The van der Waals surface area contributed by atoms with E-state index in [2.05, 4.69) is 54.4 Å². The van der Waals surface area contributed by atoms with E-state index >= 15 is 0 Å². The number of likely N-dealkylation sites (tertiary alicyclic amines) is 1. The lowest BCUT2D eigenvalue weighted by Gasteiger charge is -2.23. The number of aryl methyl sites for hydroxylation is 2. The molecule has 0 spiro atoms. The first kappa shape index (κ1) is 16.5. The number of nitrogens with one attached hydrogen (secondary N) is 1. The molecule has 3 rings (SSSR count). The molecule has 0 bridgehead atoms. The highest BCUT2D eigenvalue weighted by Crippen LogP contribution is 2.21. The molecule has 122 valence electrons. The van der Waals surface area contributed by atoms with Gasteiger partial charge in [-0.25, -0.2) is 0 Å². The molecular weight excluding hydrogens is 302 g/mol. The van der Waals surface area contributed by atoms with E-state index in [1.807, 2.05) is 11.8 Å². The largest absolute Gasteiger partial charge is 0.334 e. The Labute approximate surface area is 143 Å². The first-order valence-corrected chi connectivity index (χ1v) is 9.58. The summed E-state index contributed by atoms with van der Waals surface area (Å²) in [5.74, 6) is 1.13. The van der Waals surface area contributed by atoms with Gasteiger partial charge in [-0.15, -0.1) is 10.2 Å². The number of rotatable bonds is 5. The van der Waals surface area contributed by atoms with Gasteiger partial charge in [0.25, 0.3) is 0 Å². The zero-order valence-corrected chi connectivity index (χ0v) is 15.0. The predicted molar refractivity (Wildman–Crippen MR) is 97.1 cm³/mol. The molecule has 0 unspecified atom stereocenters. The van der Waals surface area contributed by atoms with Gasteiger partial charge in [0.05, 0.1) is 25.3 Å². The summed E-state index contributed by atoms with van der Waals surface area (Å²) in [5.41, 5.74) is 4.72. The van der Waals surface area contributed by atoms with E-state index in [9.17, 15) is 0 Å². The fraction of sp³-hybridized carbons (Fsp3) is 0.474. The van der Waals surface area contributed by atoms with Crippen LogP contribution in [-0.2, 0) is 0 Å². The second kappa shape index (κ2) is 7.93. The maximum atomic E-state index is 4.41. The summed E-state index contributed by atoms with van der Waals surface area (Å²) in [6.07, 6.45) is 4.21. The maximum Gasteiger partial charge on any atom is 0.119 e. The fourth-order valence-corrected chi connectivity index (χ4v) is 3.92. The average Bonchev–Trinajstić information content (AvgIpc) is 2.59. The zero-order valence-electron chi connectivity index (χ0n) is 14.1. The second-order valence-electron chi connectivity index (χ2n) is 6.46. The molecule has 0 aliphatic carbocycles. The van der Waals surface area contributed by atoms with E-state index < -0.39 is 0 Å². The normalized spacial score (nSPS) is 15.7. The Morgan fingerprint density at radius 1 is 0.957 bits per heavy atom. The number of thioether (sulfide) groups is 1. The molecule has 0 radical (unpaired) electrons. The molecule has 0 saturated carbocycles. The third-order valence-corrected chi connectivity index (χ3v) is 5.63. The van der Waals surface area contributed by atoms with Crippen LogP contribution in [0, 0.1) is 13.8 Å². The van der Waals surface area contributed by atoms with Crippen molar-refractivity contribution in [3.8, 4) is 11.3 Å². The number of benzene rings is 1. The molecule has 4 heteroatoms. The first-order chi connectivity index (χ1) is 11.2. The lowest BCUT2D eigenvalue weighted by molar-refractivity contribution is -0.902. The molecule has 1 fully saturated rings. The summed E-state index contributed by atoms with van der Waals surface area (Å²) in [7, 11) is 0. The van der Waals surface area contributed by atoms with E-state index in [1.54, 1.807) is 4.90 Å². The van der Waals surface area contributed by atoms with Crippen molar-refractivity contribution in [2.75, 3.05) is 25.4 Å². The van der Waals surface area contributed by atoms with Crippen LogP contribution in [0.4, 0.5) is 0 Å². The van der Waals surface area contributed by atoms with Crippen LogP contribution in [0.3, 0.4) is 0 Å². The molecular formula is C19H26N3S+. The number of piperidine rings is 1. The highest BCUT2D eigenvalue weighted by molar-refractivity contribution is 7.99. The minimum Gasteiger partial charge on any atom is -0.334 e. The van der Waals surface area contributed by atoms with Crippen molar-refractivity contribution < 1.29 is 4.90 Å². The van der Waals surface area contributed by atoms with Gasteiger partial charge in [0, 0.05) is 11.3 Å². The number of hydrogen-bond donors (Lipinski definition) is 1. The molecule has 1 aromatic carbocycles. The molecule has 23 heavy (non-hydrogen) atoms. The van der Waals surface area contributed by atoms with Crippen LogP contribution < -0.4 is 4.90 Å². The first-order valence-electron chi connectivity index (χ1n) is 8.60. The molecule has 1 saturated heterocycles. The van der Waals surface area contributed by atoms with E-state index in [0.717, 1.165) is 22.0 Å². The summed E-state index contributed by atoms with van der Waals surface area (Å²) in [6, 6.07) is 10.7. The molecule has 2 aromatic rings. The van der Waals surface area contributed by atoms with Gasteiger partial charge in [0.1, 0.15) is 5.03 Å². The Bertz CT molecular complexity index is 634. The molecule has 1 aromatic heterocycles. The molecule has 1 N–H and O–H groups in total. The fourth-order valence-electron chi connectivity index (χ4n) is 3.05. The maximum absolute atomic E-state index is 4.41. The van der Waals surface area contributed by atoms with Crippen molar-refractivity contribution in [2.45, 2.75) is 38.1 Å². The Kier molecular flexibility index (Phi) is 5.68. The molecule has 0 amide bonds. The van der Waals surface area contributed by atoms with Crippen LogP contribution in [0.1, 0.15) is 30.4 Å². The smallest absolute Gasteiger partial charge is 0.119 e. The number of nitrogens with zero attached hydrogens (tertiary/aromatic N) is 2. The third kappa shape index (κ3) is 4.55. The van der Waals surface area contributed by atoms with Crippen molar-refractivity contribution in [2.24, 2.45) is 0 Å². The Morgan fingerprint density at radius 2 is 1.78 bits per heavy atom. The molecule has 3 nitrogen and oxygen atoms in total. The molecule has 0 atom stereocenters. The van der Waals surface area contributed by atoms with Gasteiger partial charge in [-0.1, -0.05) is 23.9 Å². The van der Waals surface area contributed by atoms with Crippen molar-refractivity contribution in [1.82, 2.24) is 10.2 Å². The second-order valence-corrected chi connectivity index (χ2v) is 7.58. The number of aromatic nitrogens is 2. The monoisotopic (exact) mass is 328 g/mol. The third-order valence-electron chi connectivity index (χ3n) is 4.71. The summed E-state index contributed by atoms with van der Waals surface area (Å²) in [6.45, 7) is 8.20. The lowest BCUT2D eigenvalue weighted by Crippen LogP contribution is -3.13. The highest BCUT2D eigenvalue weighted by atomic mass is 32.2. The van der Waals surface area contributed by atoms with Gasteiger partial charge in [-0.2, -0.15) is 0 Å².